The Morgan fingerprint density at radius 3 is 2.73 bits per heavy atom. The molecule has 0 aliphatic rings. The largest absolute Gasteiger partial charge is 0.306 e. The molecule has 2 N–H and O–H groups in total. The standard InChI is InChI=1S/C17H15Cl2N5O2/c1-3-11-8-15(25)22-17(20-11)24-14(6-9(2)23-24)21-16(26)12-5-4-10(18)7-13(12)19/h4-8H,3H2,1-2H3,(H,21,26)(H,20,22,25). The summed E-state index contributed by atoms with van der Waals surface area (Å²) in [7, 11) is 0. The number of rotatable bonds is 4. The van der Waals surface area contributed by atoms with Gasteiger partial charge in [-0.25, -0.2) is 4.98 Å². The van der Waals surface area contributed by atoms with E-state index in [1.807, 2.05) is 6.92 Å². The lowest BCUT2D eigenvalue weighted by Crippen LogP contribution is -2.19. The molecular formula is C17H15Cl2N5O2. The Balaban J connectivity index is 1.99. The molecule has 0 spiro atoms. The fourth-order valence-corrected chi connectivity index (χ4v) is 2.88. The first-order valence-electron chi connectivity index (χ1n) is 7.81. The van der Waals surface area contributed by atoms with Crippen LogP contribution in [0.1, 0.15) is 28.7 Å². The number of hydrogen-bond acceptors (Lipinski definition) is 4. The van der Waals surface area contributed by atoms with Gasteiger partial charge in [-0.2, -0.15) is 9.78 Å². The van der Waals surface area contributed by atoms with Crippen molar-refractivity contribution in [1.82, 2.24) is 19.7 Å². The van der Waals surface area contributed by atoms with Crippen LogP contribution in [-0.4, -0.2) is 25.7 Å². The summed E-state index contributed by atoms with van der Waals surface area (Å²) in [5.41, 5.74) is 1.24. The zero-order valence-corrected chi connectivity index (χ0v) is 15.5. The van der Waals surface area contributed by atoms with Gasteiger partial charge >= 0.3 is 0 Å². The topological polar surface area (TPSA) is 92.7 Å². The van der Waals surface area contributed by atoms with Crippen LogP contribution in [0.5, 0.6) is 0 Å². The Morgan fingerprint density at radius 2 is 2.04 bits per heavy atom. The molecule has 0 radical (unpaired) electrons. The number of aromatic nitrogens is 4. The molecule has 1 amide bonds. The van der Waals surface area contributed by atoms with E-state index in [-0.39, 0.29) is 22.1 Å². The number of nitrogens with one attached hydrogen (secondary N) is 2. The summed E-state index contributed by atoms with van der Waals surface area (Å²) < 4.78 is 1.37. The highest BCUT2D eigenvalue weighted by atomic mass is 35.5. The molecule has 26 heavy (non-hydrogen) atoms. The van der Waals surface area contributed by atoms with Crippen molar-refractivity contribution in [1.29, 1.82) is 0 Å². The molecule has 0 aliphatic carbocycles. The van der Waals surface area contributed by atoms with Gasteiger partial charge in [0.1, 0.15) is 5.82 Å². The first kappa shape index (κ1) is 18.2. The first-order chi connectivity index (χ1) is 12.4. The highest BCUT2D eigenvalue weighted by Crippen LogP contribution is 2.23. The molecular weight excluding hydrogens is 377 g/mol. The van der Waals surface area contributed by atoms with Gasteiger partial charge in [-0.3, -0.25) is 14.6 Å². The van der Waals surface area contributed by atoms with Gasteiger partial charge in [0, 0.05) is 22.8 Å². The van der Waals surface area contributed by atoms with Crippen LogP contribution >= 0.6 is 23.2 Å². The SMILES string of the molecule is CCc1cc(=O)[nH]c(-n2nc(C)cc2NC(=O)c2ccc(Cl)cc2Cl)n1. The summed E-state index contributed by atoms with van der Waals surface area (Å²) in [4.78, 5) is 31.4. The highest BCUT2D eigenvalue weighted by molar-refractivity contribution is 6.37. The smallest absolute Gasteiger partial charge is 0.258 e. The molecule has 2 heterocycles. The van der Waals surface area contributed by atoms with Gasteiger partial charge < -0.3 is 5.32 Å². The Morgan fingerprint density at radius 1 is 1.27 bits per heavy atom. The van der Waals surface area contributed by atoms with Crippen LogP contribution in [0.25, 0.3) is 5.95 Å². The van der Waals surface area contributed by atoms with Crippen molar-refractivity contribution in [3.63, 3.8) is 0 Å². The maximum atomic E-state index is 12.6. The number of H-pyrrole nitrogens is 1. The summed E-state index contributed by atoms with van der Waals surface area (Å²) in [6.07, 6.45) is 0.596. The predicted octanol–water partition coefficient (Wildman–Crippen LogP) is 3.39. The minimum absolute atomic E-state index is 0.222. The molecule has 3 rings (SSSR count). The lowest BCUT2D eigenvalue weighted by molar-refractivity contribution is 0.102. The summed E-state index contributed by atoms with van der Waals surface area (Å²) in [5.74, 6) is 0.150. The van der Waals surface area contributed by atoms with Crippen LogP contribution < -0.4 is 10.9 Å². The molecule has 0 saturated heterocycles. The number of nitrogens with zero attached hydrogens (tertiary/aromatic N) is 3. The van der Waals surface area contributed by atoms with E-state index in [0.717, 1.165) is 0 Å². The monoisotopic (exact) mass is 391 g/mol. The number of aryl methyl sites for hydroxylation is 2. The number of hydrogen-bond donors (Lipinski definition) is 2. The molecule has 3 aromatic rings. The minimum atomic E-state index is -0.429. The van der Waals surface area contributed by atoms with Crippen LogP contribution in [0.15, 0.2) is 35.1 Å². The normalized spacial score (nSPS) is 10.8. The Labute approximate surface area is 159 Å². The summed E-state index contributed by atoms with van der Waals surface area (Å²) in [6.45, 7) is 3.66. The molecule has 0 bridgehead atoms. The minimum Gasteiger partial charge on any atom is -0.306 e. The fourth-order valence-electron chi connectivity index (χ4n) is 2.38. The van der Waals surface area contributed by atoms with Crippen molar-refractivity contribution < 1.29 is 4.79 Å². The third kappa shape index (κ3) is 3.79. The first-order valence-corrected chi connectivity index (χ1v) is 8.56. The molecule has 0 atom stereocenters. The van der Waals surface area contributed by atoms with Crippen LogP contribution in [0.3, 0.4) is 0 Å². The number of amides is 1. The summed E-state index contributed by atoms with van der Waals surface area (Å²) in [5, 5.41) is 7.70. The van der Waals surface area contributed by atoms with Crippen molar-refractivity contribution in [2.45, 2.75) is 20.3 Å². The third-order valence-corrected chi connectivity index (χ3v) is 4.14. The molecule has 7 nitrogen and oxygen atoms in total. The number of anilines is 1. The maximum absolute atomic E-state index is 12.6. The average molecular weight is 392 g/mol. The molecule has 0 fully saturated rings. The van der Waals surface area contributed by atoms with Crippen LogP contribution in [-0.2, 0) is 6.42 Å². The van der Waals surface area contributed by atoms with Gasteiger partial charge in [0.2, 0.25) is 5.95 Å². The van der Waals surface area contributed by atoms with Gasteiger partial charge in [0.05, 0.1) is 16.3 Å². The molecule has 2 aromatic heterocycles. The van der Waals surface area contributed by atoms with Crippen molar-refractivity contribution >= 4 is 34.9 Å². The molecule has 134 valence electrons. The quantitative estimate of drug-likeness (QED) is 0.712. The zero-order valence-electron chi connectivity index (χ0n) is 14.0. The summed E-state index contributed by atoms with van der Waals surface area (Å²) >= 11 is 11.9. The fraction of sp³-hybridized carbons (Fsp3) is 0.176. The molecule has 1 aromatic carbocycles. The average Bonchev–Trinajstić information content (AvgIpc) is 2.94. The van der Waals surface area contributed by atoms with Crippen molar-refractivity contribution in [2.75, 3.05) is 5.32 Å². The Kier molecular flexibility index (Phi) is 5.11. The van der Waals surface area contributed by atoms with E-state index in [1.165, 1.54) is 22.9 Å². The van der Waals surface area contributed by atoms with Gasteiger partial charge in [-0.05, 0) is 31.5 Å². The number of carbonyl (C=O) groups is 1. The third-order valence-electron chi connectivity index (χ3n) is 3.59. The Bertz CT molecular complexity index is 1040. The van der Waals surface area contributed by atoms with Gasteiger partial charge in [-0.1, -0.05) is 30.1 Å². The predicted molar refractivity (Wildman–Crippen MR) is 101 cm³/mol. The highest BCUT2D eigenvalue weighted by Gasteiger charge is 2.16. The van der Waals surface area contributed by atoms with Crippen LogP contribution in [0, 0.1) is 6.92 Å². The van der Waals surface area contributed by atoms with Gasteiger partial charge in [0.15, 0.2) is 0 Å². The van der Waals surface area contributed by atoms with Crippen LogP contribution in [0.4, 0.5) is 5.82 Å². The van der Waals surface area contributed by atoms with E-state index in [0.29, 0.717) is 28.6 Å². The van der Waals surface area contributed by atoms with Gasteiger partial charge in [0.25, 0.3) is 11.5 Å². The lowest BCUT2D eigenvalue weighted by Gasteiger charge is -2.09. The van der Waals surface area contributed by atoms with Crippen LogP contribution in [0.2, 0.25) is 10.0 Å². The maximum Gasteiger partial charge on any atom is 0.258 e. The van der Waals surface area contributed by atoms with Crippen molar-refractivity contribution in [2.24, 2.45) is 0 Å². The molecule has 0 aliphatic heterocycles. The van der Waals surface area contributed by atoms with Gasteiger partial charge in [-0.15, -0.1) is 0 Å². The summed E-state index contributed by atoms with van der Waals surface area (Å²) in [6, 6.07) is 7.69. The number of carbonyl (C=O) groups excluding carboxylic acids is 1. The zero-order chi connectivity index (χ0) is 18.8. The van der Waals surface area contributed by atoms with Crippen molar-refractivity contribution in [3.05, 3.63) is 67.7 Å². The number of aromatic amines is 1. The van der Waals surface area contributed by atoms with E-state index in [9.17, 15) is 9.59 Å². The van der Waals surface area contributed by atoms with Crippen molar-refractivity contribution in [3.8, 4) is 5.95 Å². The van der Waals surface area contributed by atoms with E-state index < -0.39 is 5.91 Å². The molecule has 0 saturated carbocycles. The second-order valence-electron chi connectivity index (χ2n) is 5.57. The van der Waals surface area contributed by atoms with E-state index in [1.54, 1.807) is 19.1 Å². The second kappa shape index (κ2) is 7.31. The van der Waals surface area contributed by atoms with E-state index in [2.05, 4.69) is 20.4 Å². The molecule has 9 heteroatoms. The lowest BCUT2D eigenvalue weighted by atomic mass is 10.2. The molecule has 0 unspecified atom stereocenters. The number of benzene rings is 1. The number of halogens is 2. The van der Waals surface area contributed by atoms with E-state index >= 15 is 0 Å². The van der Waals surface area contributed by atoms with E-state index in [4.69, 9.17) is 23.2 Å². The Hall–Kier alpha value is -2.64. The second-order valence-corrected chi connectivity index (χ2v) is 6.42.